The maximum Gasteiger partial charge on any atom is 0.460 e. The van der Waals surface area contributed by atoms with Crippen LogP contribution in [0, 0.1) is 0 Å². The van der Waals surface area contributed by atoms with E-state index >= 15 is 0 Å². The monoisotopic (exact) mass is 409 g/mol. The maximum absolute atomic E-state index is 13.6. The summed E-state index contributed by atoms with van der Waals surface area (Å²) >= 11 is 0. The topological polar surface area (TPSA) is 46.6 Å². The van der Waals surface area contributed by atoms with Gasteiger partial charge in [0.05, 0.1) is 6.61 Å². The summed E-state index contributed by atoms with van der Waals surface area (Å²) in [5.41, 5.74) is 0. The lowest BCUT2D eigenvalue weighted by Gasteiger charge is -2.32. The highest BCUT2D eigenvalue weighted by Crippen LogP contribution is 2.47. The van der Waals surface area contributed by atoms with Crippen molar-refractivity contribution in [2.24, 2.45) is 0 Å². The molecule has 4 nitrogen and oxygen atoms in total. The third-order valence-corrected chi connectivity index (χ3v) is 4.30. The fourth-order valence-corrected chi connectivity index (χ4v) is 2.72. The van der Waals surface area contributed by atoms with E-state index in [1.165, 1.54) is 0 Å². The first-order valence-electron chi connectivity index (χ1n) is 8.68. The number of esters is 1. The van der Waals surface area contributed by atoms with Gasteiger partial charge in [-0.25, -0.2) is 4.79 Å². The van der Waals surface area contributed by atoms with Crippen LogP contribution in [0.25, 0.3) is 0 Å². The molecule has 1 rings (SSSR count). The number of hydrogen-bond acceptors (Lipinski definition) is 3. The lowest BCUT2D eigenvalue weighted by atomic mass is 10.1. The van der Waals surface area contributed by atoms with E-state index in [4.69, 9.17) is 4.74 Å². The Kier molecular flexibility index (Phi) is 7.91. The van der Waals surface area contributed by atoms with Gasteiger partial charge in [-0.05, 0) is 19.3 Å². The Labute approximate surface area is 152 Å². The minimum absolute atomic E-state index is 0.00960. The Hall–Kier alpha value is -1.55. The summed E-state index contributed by atoms with van der Waals surface area (Å²) in [4.78, 5) is 23.7. The molecule has 158 valence electrons. The number of rotatable bonds is 9. The summed E-state index contributed by atoms with van der Waals surface area (Å²) in [5, 5.41) is 0. The number of likely N-dealkylation sites (tertiary alicyclic amines) is 1. The highest BCUT2D eigenvalue weighted by atomic mass is 19.4. The normalized spacial score (nSPS) is 18.7. The van der Waals surface area contributed by atoms with Crippen molar-refractivity contribution in [3.63, 3.8) is 0 Å². The molecule has 0 bridgehead atoms. The number of nitrogens with zero attached hydrogens (tertiary/aromatic N) is 1. The van der Waals surface area contributed by atoms with Crippen LogP contribution in [0.5, 0.6) is 0 Å². The number of carbonyl (C=O) groups is 2. The SMILES string of the molecule is CCCCCCCOC(=O)C1CCCN1C(=O)C(F)(F)C(F)(F)C(F)(F)F. The lowest BCUT2D eigenvalue weighted by Crippen LogP contribution is -2.61. The minimum Gasteiger partial charge on any atom is -0.464 e. The number of hydrogen-bond donors (Lipinski definition) is 0. The van der Waals surface area contributed by atoms with Crippen LogP contribution in [-0.2, 0) is 14.3 Å². The predicted molar refractivity (Wildman–Crippen MR) is 80.4 cm³/mol. The predicted octanol–water partition coefficient (Wildman–Crippen LogP) is 4.32. The highest BCUT2D eigenvalue weighted by molar-refractivity contribution is 5.90. The quantitative estimate of drug-likeness (QED) is 0.324. The van der Waals surface area contributed by atoms with Crippen LogP contribution in [0.3, 0.4) is 0 Å². The highest BCUT2D eigenvalue weighted by Gasteiger charge is 2.77. The van der Waals surface area contributed by atoms with Crippen molar-refractivity contribution in [1.82, 2.24) is 4.90 Å². The number of ether oxygens (including phenoxy) is 1. The molecule has 1 aliphatic heterocycles. The molecule has 0 radical (unpaired) electrons. The van der Waals surface area contributed by atoms with E-state index < -0.39 is 42.5 Å². The van der Waals surface area contributed by atoms with Gasteiger partial charge in [-0.3, -0.25) is 4.79 Å². The van der Waals surface area contributed by atoms with Crippen LogP contribution in [0.1, 0.15) is 51.9 Å². The standard InChI is InChI=1S/C16H22F7NO3/c1-2-3-4-5-6-10-27-12(25)11-8-7-9-24(11)13(26)14(17,18)15(19,20)16(21,22)23/h11H,2-10H2,1H3. The van der Waals surface area contributed by atoms with Crippen molar-refractivity contribution in [2.75, 3.05) is 13.2 Å². The molecule has 11 heteroatoms. The molecule has 1 saturated heterocycles. The molecule has 0 aromatic heterocycles. The van der Waals surface area contributed by atoms with E-state index in [1.807, 2.05) is 6.92 Å². The van der Waals surface area contributed by atoms with Crippen LogP contribution in [0.4, 0.5) is 30.7 Å². The zero-order chi connectivity index (χ0) is 20.9. The molecule has 0 spiro atoms. The molecule has 1 atom stereocenters. The number of unbranched alkanes of at least 4 members (excludes halogenated alkanes) is 4. The van der Waals surface area contributed by atoms with E-state index in [2.05, 4.69) is 0 Å². The summed E-state index contributed by atoms with van der Waals surface area (Å²) < 4.78 is 94.9. The molecule has 27 heavy (non-hydrogen) atoms. The summed E-state index contributed by atoms with van der Waals surface area (Å²) in [6.45, 7) is 1.43. The van der Waals surface area contributed by atoms with Gasteiger partial charge >= 0.3 is 29.9 Å². The van der Waals surface area contributed by atoms with Crippen molar-refractivity contribution < 1.29 is 45.1 Å². The first-order chi connectivity index (χ1) is 12.4. The van der Waals surface area contributed by atoms with Crippen LogP contribution >= 0.6 is 0 Å². The number of halogens is 7. The fourth-order valence-electron chi connectivity index (χ4n) is 2.72. The van der Waals surface area contributed by atoms with Crippen LogP contribution in [-0.4, -0.2) is 54.0 Å². The van der Waals surface area contributed by atoms with Crippen molar-refractivity contribution >= 4 is 11.9 Å². The molecule has 1 fully saturated rings. The third-order valence-electron chi connectivity index (χ3n) is 4.30. The Morgan fingerprint density at radius 1 is 1.00 bits per heavy atom. The van der Waals surface area contributed by atoms with E-state index in [0.717, 1.165) is 25.7 Å². The van der Waals surface area contributed by atoms with Gasteiger partial charge in [-0.15, -0.1) is 0 Å². The Bertz CT molecular complexity index is 523. The second kappa shape index (κ2) is 9.09. The van der Waals surface area contributed by atoms with Crippen LogP contribution < -0.4 is 0 Å². The van der Waals surface area contributed by atoms with Crippen molar-refractivity contribution in [3.05, 3.63) is 0 Å². The van der Waals surface area contributed by atoms with Crippen LogP contribution in [0.15, 0.2) is 0 Å². The van der Waals surface area contributed by atoms with Crippen molar-refractivity contribution in [2.45, 2.75) is 75.9 Å². The molecular formula is C16H22F7NO3. The second-order valence-corrected chi connectivity index (χ2v) is 6.38. The van der Waals surface area contributed by atoms with Gasteiger partial charge in [0.15, 0.2) is 0 Å². The van der Waals surface area contributed by atoms with E-state index in [1.54, 1.807) is 0 Å². The zero-order valence-corrected chi connectivity index (χ0v) is 14.8. The summed E-state index contributed by atoms with van der Waals surface area (Å²) in [5.74, 6) is -16.4. The van der Waals surface area contributed by atoms with Gasteiger partial charge < -0.3 is 9.64 Å². The summed E-state index contributed by atoms with van der Waals surface area (Å²) in [6, 6.07) is -1.59. The first kappa shape index (κ1) is 23.5. The largest absolute Gasteiger partial charge is 0.464 e. The van der Waals surface area contributed by atoms with Gasteiger partial charge in [0.2, 0.25) is 0 Å². The smallest absolute Gasteiger partial charge is 0.460 e. The zero-order valence-electron chi connectivity index (χ0n) is 14.8. The Morgan fingerprint density at radius 3 is 2.15 bits per heavy atom. The first-order valence-corrected chi connectivity index (χ1v) is 8.68. The van der Waals surface area contributed by atoms with E-state index in [-0.39, 0.29) is 24.3 Å². The molecule has 0 N–H and O–H groups in total. The number of amides is 1. The van der Waals surface area contributed by atoms with Gasteiger partial charge in [0, 0.05) is 6.54 Å². The van der Waals surface area contributed by atoms with Crippen molar-refractivity contribution in [1.29, 1.82) is 0 Å². The molecule has 0 saturated carbocycles. The molecule has 1 amide bonds. The maximum atomic E-state index is 13.6. The van der Waals surface area contributed by atoms with Gasteiger partial charge in [-0.2, -0.15) is 30.7 Å². The van der Waals surface area contributed by atoms with Gasteiger partial charge in [0.25, 0.3) is 0 Å². The van der Waals surface area contributed by atoms with Gasteiger partial charge in [0.1, 0.15) is 6.04 Å². The average molecular weight is 409 g/mol. The number of carbonyl (C=O) groups excluding carboxylic acids is 2. The lowest BCUT2D eigenvalue weighted by molar-refractivity contribution is -0.346. The molecular weight excluding hydrogens is 387 g/mol. The molecule has 1 heterocycles. The molecule has 0 aliphatic carbocycles. The van der Waals surface area contributed by atoms with Crippen molar-refractivity contribution in [3.8, 4) is 0 Å². The van der Waals surface area contributed by atoms with E-state index in [0.29, 0.717) is 6.42 Å². The van der Waals surface area contributed by atoms with Gasteiger partial charge in [-0.1, -0.05) is 32.6 Å². The molecule has 0 aromatic rings. The van der Waals surface area contributed by atoms with E-state index in [9.17, 15) is 40.3 Å². The Balaban J connectivity index is 2.73. The molecule has 1 unspecified atom stereocenters. The minimum atomic E-state index is -6.61. The average Bonchev–Trinajstić information content (AvgIpc) is 3.05. The second-order valence-electron chi connectivity index (χ2n) is 6.38. The summed E-state index contributed by atoms with van der Waals surface area (Å²) in [6.07, 6.45) is -2.61. The summed E-state index contributed by atoms with van der Waals surface area (Å²) in [7, 11) is 0. The number of alkyl halides is 7. The molecule has 0 aromatic carbocycles. The third kappa shape index (κ3) is 5.25. The molecule has 1 aliphatic rings. The fraction of sp³-hybridized carbons (Fsp3) is 0.875. The Morgan fingerprint density at radius 2 is 1.59 bits per heavy atom. The van der Waals surface area contributed by atoms with Crippen LogP contribution in [0.2, 0.25) is 0 Å².